The summed E-state index contributed by atoms with van der Waals surface area (Å²) in [6, 6.07) is 1.80. The molecule has 0 bridgehead atoms. The summed E-state index contributed by atoms with van der Waals surface area (Å²) in [5, 5.41) is 3.10. The van der Waals surface area contributed by atoms with Gasteiger partial charge in [0.25, 0.3) is 5.56 Å². The van der Waals surface area contributed by atoms with Gasteiger partial charge in [-0.1, -0.05) is 0 Å². The van der Waals surface area contributed by atoms with E-state index in [1.807, 2.05) is 0 Å². The highest BCUT2D eigenvalue weighted by molar-refractivity contribution is 4.90. The summed E-state index contributed by atoms with van der Waals surface area (Å²) in [6.45, 7) is 1.76. The molecule has 0 unspecified atom stereocenters. The van der Waals surface area contributed by atoms with Crippen molar-refractivity contribution in [3.05, 3.63) is 28.9 Å². The largest absolute Gasteiger partial charge is 0.313 e. The topological polar surface area (TPSA) is 46.9 Å². The Kier molecular flexibility index (Phi) is 1.47. The second-order valence-electron chi connectivity index (χ2n) is 2.64. The lowest BCUT2D eigenvalue weighted by atomic mass is 10.2. The van der Waals surface area contributed by atoms with Gasteiger partial charge in [-0.05, 0) is 0 Å². The summed E-state index contributed by atoms with van der Waals surface area (Å²) in [6.07, 6.45) is 3.11. The fraction of sp³-hybridized carbons (Fsp3) is 0.429. The van der Waals surface area contributed by atoms with Crippen LogP contribution < -0.4 is 10.9 Å². The molecule has 4 heteroatoms. The maximum Gasteiger partial charge on any atom is 0.253 e. The second-order valence-corrected chi connectivity index (χ2v) is 2.64. The monoisotopic (exact) mass is 151 g/mol. The van der Waals surface area contributed by atoms with E-state index in [0.717, 1.165) is 13.1 Å². The van der Waals surface area contributed by atoms with Crippen molar-refractivity contribution < 1.29 is 0 Å². The van der Waals surface area contributed by atoms with Crippen LogP contribution in [0.3, 0.4) is 0 Å². The van der Waals surface area contributed by atoms with Crippen LogP contribution >= 0.6 is 0 Å². The van der Waals surface area contributed by atoms with Gasteiger partial charge in [-0.15, -0.1) is 0 Å². The third-order valence-electron chi connectivity index (χ3n) is 1.90. The van der Waals surface area contributed by atoms with Crippen molar-refractivity contribution in [2.24, 2.45) is 0 Å². The SMILES string of the molecule is O=c1ccncn1C1CNC1. The third kappa shape index (κ3) is 1.05. The van der Waals surface area contributed by atoms with Crippen LogP contribution in [0.15, 0.2) is 23.4 Å². The molecule has 2 rings (SSSR count). The van der Waals surface area contributed by atoms with Crippen molar-refractivity contribution in [3.63, 3.8) is 0 Å². The van der Waals surface area contributed by atoms with Crippen molar-refractivity contribution in [1.29, 1.82) is 0 Å². The Bertz CT molecular complexity index is 303. The van der Waals surface area contributed by atoms with Crippen LogP contribution in [0.4, 0.5) is 0 Å². The lowest BCUT2D eigenvalue weighted by molar-refractivity contribution is 0.333. The lowest BCUT2D eigenvalue weighted by Crippen LogP contribution is -2.46. The quantitative estimate of drug-likeness (QED) is 0.582. The Balaban J connectivity index is 2.36. The van der Waals surface area contributed by atoms with E-state index < -0.39 is 0 Å². The van der Waals surface area contributed by atoms with Crippen molar-refractivity contribution in [2.45, 2.75) is 6.04 Å². The Labute approximate surface area is 63.9 Å². The zero-order valence-electron chi connectivity index (χ0n) is 6.03. The third-order valence-corrected chi connectivity index (χ3v) is 1.90. The molecule has 4 nitrogen and oxygen atoms in total. The second kappa shape index (κ2) is 2.47. The van der Waals surface area contributed by atoms with E-state index in [2.05, 4.69) is 10.3 Å². The van der Waals surface area contributed by atoms with E-state index in [1.54, 1.807) is 10.9 Å². The minimum absolute atomic E-state index is 0.0338. The first kappa shape index (κ1) is 6.54. The van der Waals surface area contributed by atoms with Gasteiger partial charge >= 0.3 is 0 Å². The zero-order chi connectivity index (χ0) is 7.68. The molecule has 1 N–H and O–H groups in total. The van der Waals surface area contributed by atoms with E-state index in [-0.39, 0.29) is 5.56 Å². The van der Waals surface area contributed by atoms with E-state index in [1.165, 1.54) is 12.3 Å². The Morgan fingerprint density at radius 1 is 1.64 bits per heavy atom. The summed E-state index contributed by atoms with van der Waals surface area (Å²) < 4.78 is 1.66. The van der Waals surface area contributed by atoms with E-state index in [4.69, 9.17) is 0 Å². The molecule has 1 aromatic heterocycles. The summed E-state index contributed by atoms with van der Waals surface area (Å²) >= 11 is 0. The minimum atomic E-state index is 0.0338. The molecule has 11 heavy (non-hydrogen) atoms. The van der Waals surface area contributed by atoms with Crippen LogP contribution in [-0.2, 0) is 0 Å². The van der Waals surface area contributed by atoms with Crippen LogP contribution in [0.1, 0.15) is 6.04 Å². The summed E-state index contributed by atoms with van der Waals surface area (Å²) in [4.78, 5) is 15.0. The Hall–Kier alpha value is -1.16. The van der Waals surface area contributed by atoms with Crippen LogP contribution in [0.5, 0.6) is 0 Å². The maximum atomic E-state index is 11.1. The number of hydrogen-bond donors (Lipinski definition) is 1. The number of aromatic nitrogens is 2. The van der Waals surface area contributed by atoms with Gasteiger partial charge in [-0.25, -0.2) is 4.98 Å². The number of nitrogens with one attached hydrogen (secondary N) is 1. The van der Waals surface area contributed by atoms with Gasteiger partial charge in [-0.2, -0.15) is 0 Å². The van der Waals surface area contributed by atoms with Gasteiger partial charge in [-0.3, -0.25) is 9.36 Å². The first-order chi connectivity index (χ1) is 5.38. The molecule has 1 saturated heterocycles. The molecule has 58 valence electrons. The number of hydrogen-bond acceptors (Lipinski definition) is 3. The van der Waals surface area contributed by atoms with Crippen LogP contribution in [0.25, 0.3) is 0 Å². The highest BCUT2D eigenvalue weighted by Crippen LogP contribution is 2.06. The molecule has 1 aliphatic rings. The van der Waals surface area contributed by atoms with Crippen LogP contribution in [-0.4, -0.2) is 22.6 Å². The first-order valence-electron chi connectivity index (χ1n) is 3.61. The van der Waals surface area contributed by atoms with Crippen LogP contribution in [0.2, 0.25) is 0 Å². The number of rotatable bonds is 1. The predicted octanol–water partition coefficient (Wildman–Crippen LogP) is -0.612. The molecule has 1 aliphatic heterocycles. The molecular weight excluding hydrogens is 142 g/mol. The minimum Gasteiger partial charge on any atom is -0.313 e. The molecule has 0 spiro atoms. The molecule has 0 radical (unpaired) electrons. The van der Waals surface area contributed by atoms with Crippen molar-refractivity contribution in [2.75, 3.05) is 13.1 Å². The van der Waals surface area contributed by atoms with Gasteiger partial charge in [0.15, 0.2) is 0 Å². The number of nitrogens with zero attached hydrogens (tertiary/aromatic N) is 2. The van der Waals surface area contributed by atoms with Crippen LogP contribution in [0, 0.1) is 0 Å². The Morgan fingerprint density at radius 3 is 3.00 bits per heavy atom. The molecule has 0 amide bonds. The predicted molar refractivity (Wildman–Crippen MR) is 40.4 cm³/mol. The van der Waals surface area contributed by atoms with Gasteiger partial charge in [0, 0.05) is 25.4 Å². The normalized spacial score (nSPS) is 17.8. The maximum absolute atomic E-state index is 11.1. The highest BCUT2D eigenvalue weighted by atomic mass is 16.1. The lowest BCUT2D eigenvalue weighted by Gasteiger charge is -2.28. The van der Waals surface area contributed by atoms with Gasteiger partial charge in [0.1, 0.15) is 0 Å². The zero-order valence-corrected chi connectivity index (χ0v) is 6.03. The van der Waals surface area contributed by atoms with Gasteiger partial charge in [0.2, 0.25) is 0 Å². The molecule has 2 heterocycles. The molecule has 1 fully saturated rings. The fourth-order valence-electron chi connectivity index (χ4n) is 1.10. The first-order valence-corrected chi connectivity index (χ1v) is 3.61. The smallest absolute Gasteiger partial charge is 0.253 e. The van der Waals surface area contributed by atoms with Crippen molar-refractivity contribution in [1.82, 2.24) is 14.9 Å². The summed E-state index contributed by atoms with van der Waals surface area (Å²) in [5.41, 5.74) is 0.0338. The molecular formula is C7H9N3O. The molecule has 0 atom stereocenters. The van der Waals surface area contributed by atoms with Gasteiger partial charge in [0.05, 0.1) is 12.4 Å². The van der Waals surface area contributed by atoms with E-state index in [9.17, 15) is 4.79 Å². The highest BCUT2D eigenvalue weighted by Gasteiger charge is 2.18. The average molecular weight is 151 g/mol. The van der Waals surface area contributed by atoms with Crippen molar-refractivity contribution >= 4 is 0 Å². The summed E-state index contributed by atoms with van der Waals surface area (Å²) in [7, 11) is 0. The standard InChI is InChI=1S/C7H9N3O/c11-7-1-2-8-5-10(7)6-3-9-4-6/h1-2,5-6,9H,3-4H2. The Morgan fingerprint density at radius 2 is 2.45 bits per heavy atom. The van der Waals surface area contributed by atoms with Gasteiger partial charge < -0.3 is 5.32 Å². The average Bonchev–Trinajstić information content (AvgIpc) is 1.90. The molecule has 0 saturated carbocycles. The molecule has 0 aromatic carbocycles. The van der Waals surface area contributed by atoms with Crippen molar-refractivity contribution in [3.8, 4) is 0 Å². The van der Waals surface area contributed by atoms with E-state index in [0.29, 0.717) is 6.04 Å². The fourth-order valence-corrected chi connectivity index (χ4v) is 1.10. The van der Waals surface area contributed by atoms with E-state index >= 15 is 0 Å². The summed E-state index contributed by atoms with van der Waals surface area (Å²) in [5.74, 6) is 0. The molecule has 0 aliphatic carbocycles. The molecule has 1 aromatic rings.